The van der Waals surface area contributed by atoms with E-state index in [2.05, 4.69) is 170 Å². The lowest BCUT2D eigenvalue weighted by atomic mass is 9.81. The molecule has 0 radical (unpaired) electrons. The summed E-state index contributed by atoms with van der Waals surface area (Å²) in [6.07, 6.45) is 12.3. The van der Waals surface area contributed by atoms with E-state index < -0.39 is 0 Å². The van der Waals surface area contributed by atoms with Crippen molar-refractivity contribution in [1.29, 1.82) is 0 Å². The normalized spacial score (nSPS) is 20.8. The van der Waals surface area contributed by atoms with Crippen molar-refractivity contribution in [1.82, 2.24) is 0 Å². The molecule has 3 unspecified atom stereocenters. The van der Waals surface area contributed by atoms with Gasteiger partial charge in [-0.2, -0.15) is 0 Å². The Morgan fingerprint density at radius 2 is 1.23 bits per heavy atom. The first-order chi connectivity index (χ1) is 28.0. The van der Waals surface area contributed by atoms with Crippen LogP contribution >= 0.6 is 0 Å². The zero-order valence-electron chi connectivity index (χ0n) is 33.6. The summed E-state index contributed by atoms with van der Waals surface area (Å²) < 4.78 is 0. The fourth-order valence-electron chi connectivity index (χ4n) is 11.9. The van der Waals surface area contributed by atoms with E-state index in [1.54, 1.807) is 5.56 Å². The highest BCUT2D eigenvalue weighted by molar-refractivity contribution is 6.02. The Morgan fingerprint density at radius 3 is 2.00 bits per heavy atom. The first kappa shape index (κ1) is 34.8. The lowest BCUT2D eigenvalue weighted by molar-refractivity contribution is 0.422. The predicted octanol–water partition coefficient (Wildman–Crippen LogP) is 15.9. The fraction of sp³-hybridized carbons (Fsp3) is 0.286. The maximum absolute atomic E-state index is 2.57. The number of anilines is 3. The van der Waals surface area contributed by atoms with Gasteiger partial charge in [-0.15, -0.1) is 0 Å². The van der Waals surface area contributed by atoms with Crippen LogP contribution in [0.5, 0.6) is 0 Å². The molecule has 57 heavy (non-hydrogen) atoms. The van der Waals surface area contributed by atoms with Crippen molar-refractivity contribution < 1.29 is 0 Å². The molecule has 4 aliphatic carbocycles. The molecule has 0 aromatic heterocycles. The number of benzene rings is 7. The highest BCUT2D eigenvalue weighted by Gasteiger charge is 2.41. The molecule has 3 fully saturated rings. The number of rotatable bonds is 7. The van der Waals surface area contributed by atoms with Crippen molar-refractivity contribution in [2.45, 2.75) is 88.9 Å². The summed E-state index contributed by atoms with van der Waals surface area (Å²) in [7, 11) is 0. The standard InChI is InChI=1S/C56H53N/c1-56(2)52-23-13-22-49(45-19-10-9-18-44(45)40-16-7-4-8-17-40)55(52)50-31-30-43(36-53(50)56)57(42-28-26-39(27-29-42)38-14-5-3-6-15-38)54-33-32-47(46-20-11-12-21-48(46)54)51-35-37-24-25-41(51)34-37/h4,7-13,16-23,26-33,36-38,41,51H,3,5-6,14-15,24-25,34-35H2,1-2H3. The highest BCUT2D eigenvalue weighted by Crippen LogP contribution is 2.57. The van der Waals surface area contributed by atoms with Gasteiger partial charge in [0.15, 0.2) is 0 Å². The molecule has 3 atom stereocenters. The summed E-state index contributed by atoms with van der Waals surface area (Å²) in [5, 5.41) is 2.80. The van der Waals surface area contributed by atoms with Crippen LogP contribution in [-0.4, -0.2) is 0 Å². The highest BCUT2D eigenvalue weighted by atomic mass is 15.1. The van der Waals surface area contributed by atoms with E-state index in [9.17, 15) is 0 Å². The van der Waals surface area contributed by atoms with E-state index in [-0.39, 0.29) is 5.41 Å². The van der Waals surface area contributed by atoms with E-state index in [1.807, 2.05) is 0 Å². The van der Waals surface area contributed by atoms with Crippen molar-refractivity contribution in [2.24, 2.45) is 11.8 Å². The Morgan fingerprint density at radius 1 is 0.509 bits per heavy atom. The molecule has 4 aliphatic rings. The van der Waals surface area contributed by atoms with Gasteiger partial charge in [-0.05, 0) is 147 Å². The van der Waals surface area contributed by atoms with Gasteiger partial charge in [0.2, 0.25) is 0 Å². The molecule has 0 amide bonds. The first-order valence-corrected chi connectivity index (χ1v) is 21.9. The van der Waals surface area contributed by atoms with Gasteiger partial charge in [0, 0.05) is 22.2 Å². The van der Waals surface area contributed by atoms with Crippen LogP contribution in [0.1, 0.15) is 106 Å². The molecule has 282 valence electrons. The van der Waals surface area contributed by atoms with Crippen molar-refractivity contribution in [3.8, 4) is 33.4 Å². The van der Waals surface area contributed by atoms with Gasteiger partial charge in [0.1, 0.15) is 0 Å². The summed E-state index contributed by atoms with van der Waals surface area (Å²) in [6.45, 7) is 4.86. The Bertz CT molecular complexity index is 2610. The molecule has 7 aromatic rings. The van der Waals surface area contributed by atoms with Crippen LogP contribution in [0.4, 0.5) is 17.1 Å². The lowest BCUT2D eigenvalue weighted by Crippen LogP contribution is -2.17. The van der Waals surface area contributed by atoms with Crippen molar-refractivity contribution in [2.75, 3.05) is 4.90 Å². The van der Waals surface area contributed by atoms with Gasteiger partial charge in [0.05, 0.1) is 5.69 Å². The van der Waals surface area contributed by atoms with E-state index in [1.165, 1.54) is 136 Å². The molecule has 0 aliphatic heterocycles. The quantitative estimate of drug-likeness (QED) is 0.157. The van der Waals surface area contributed by atoms with Crippen molar-refractivity contribution >= 4 is 27.8 Å². The zero-order valence-corrected chi connectivity index (χ0v) is 33.6. The second kappa shape index (κ2) is 13.9. The van der Waals surface area contributed by atoms with Gasteiger partial charge in [-0.1, -0.05) is 161 Å². The minimum Gasteiger partial charge on any atom is -0.310 e. The van der Waals surface area contributed by atoms with Gasteiger partial charge in [0.25, 0.3) is 0 Å². The van der Waals surface area contributed by atoms with Crippen LogP contribution in [0, 0.1) is 11.8 Å². The van der Waals surface area contributed by atoms with Crippen LogP contribution in [0.15, 0.2) is 152 Å². The molecule has 0 spiro atoms. The molecule has 1 nitrogen and oxygen atoms in total. The first-order valence-electron chi connectivity index (χ1n) is 21.9. The van der Waals surface area contributed by atoms with Gasteiger partial charge < -0.3 is 4.90 Å². The van der Waals surface area contributed by atoms with E-state index in [0.717, 1.165) is 11.8 Å². The molecule has 3 saturated carbocycles. The molecule has 0 saturated heterocycles. The van der Waals surface area contributed by atoms with Crippen LogP contribution in [0.2, 0.25) is 0 Å². The third kappa shape index (κ3) is 5.80. The number of nitrogens with zero attached hydrogens (tertiary/aromatic N) is 1. The smallest absolute Gasteiger partial charge is 0.0540 e. The summed E-state index contributed by atoms with van der Waals surface area (Å²) in [5.41, 5.74) is 17.3. The van der Waals surface area contributed by atoms with Crippen LogP contribution in [-0.2, 0) is 5.41 Å². The van der Waals surface area contributed by atoms with Crippen LogP contribution in [0.25, 0.3) is 44.2 Å². The van der Waals surface area contributed by atoms with Crippen LogP contribution in [0.3, 0.4) is 0 Å². The van der Waals surface area contributed by atoms with Crippen LogP contribution < -0.4 is 4.90 Å². The Kier molecular flexibility index (Phi) is 8.50. The maximum Gasteiger partial charge on any atom is 0.0540 e. The summed E-state index contributed by atoms with van der Waals surface area (Å²) in [5.74, 6) is 3.14. The Hall–Kier alpha value is -5.40. The largest absolute Gasteiger partial charge is 0.310 e. The molecule has 7 aromatic carbocycles. The summed E-state index contributed by atoms with van der Waals surface area (Å²) in [4.78, 5) is 2.57. The number of hydrogen-bond donors (Lipinski definition) is 0. The topological polar surface area (TPSA) is 3.24 Å². The van der Waals surface area contributed by atoms with E-state index in [4.69, 9.17) is 0 Å². The molecular weight excluding hydrogens is 687 g/mol. The van der Waals surface area contributed by atoms with Gasteiger partial charge in [-0.25, -0.2) is 0 Å². The number of fused-ring (bicyclic) bond motifs is 6. The minimum atomic E-state index is -0.164. The summed E-state index contributed by atoms with van der Waals surface area (Å²) >= 11 is 0. The third-order valence-electron chi connectivity index (χ3n) is 14.8. The minimum absolute atomic E-state index is 0.164. The second-order valence-corrected chi connectivity index (χ2v) is 18.3. The number of hydrogen-bond acceptors (Lipinski definition) is 1. The monoisotopic (exact) mass is 739 g/mol. The molecule has 0 N–H and O–H groups in total. The van der Waals surface area contributed by atoms with Crippen molar-refractivity contribution in [3.05, 3.63) is 174 Å². The fourth-order valence-corrected chi connectivity index (χ4v) is 11.9. The lowest BCUT2D eigenvalue weighted by Gasteiger charge is -2.31. The Balaban J connectivity index is 1.07. The van der Waals surface area contributed by atoms with E-state index >= 15 is 0 Å². The molecule has 0 heterocycles. The zero-order chi connectivity index (χ0) is 38.1. The average molecular weight is 740 g/mol. The summed E-state index contributed by atoms with van der Waals surface area (Å²) in [6, 6.07) is 58.1. The van der Waals surface area contributed by atoms with Gasteiger partial charge in [-0.3, -0.25) is 0 Å². The SMILES string of the molecule is CC1(C)c2cc(N(c3ccc(C4CCCCC4)cc3)c3ccc(C4CC5CCC4C5)c4ccccc34)ccc2-c2c(-c3ccccc3-c3ccccc3)cccc21. The maximum atomic E-state index is 2.57. The molecule has 1 heteroatoms. The molecular formula is C56H53N. The Labute approximate surface area is 339 Å². The van der Waals surface area contributed by atoms with Gasteiger partial charge >= 0.3 is 0 Å². The third-order valence-corrected chi connectivity index (χ3v) is 14.8. The van der Waals surface area contributed by atoms with Crippen molar-refractivity contribution in [3.63, 3.8) is 0 Å². The van der Waals surface area contributed by atoms with E-state index in [0.29, 0.717) is 11.8 Å². The average Bonchev–Trinajstić information content (AvgIpc) is 3.97. The predicted molar refractivity (Wildman–Crippen MR) is 241 cm³/mol. The molecule has 11 rings (SSSR count). The second-order valence-electron chi connectivity index (χ2n) is 18.3. The molecule has 2 bridgehead atoms.